The van der Waals surface area contributed by atoms with Crippen LogP contribution in [0.2, 0.25) is 0 Å². The van der Waals surface area contributed by atoms with Crippen LogP contribution in [0.4, 0.5) is 19.0 Å². The minimum atomic E-state index is -4.37. The molecule has 2 heterocycles. The molecule has 24 heavy (non-hydrogen) atoms. The number of hydrogen-bond acceptors (Lipinski definition) is 2. The Morgan fingerprint density at radius 2 is 1.79 bits per heavy atom. The van der Waals surface area contributed by atoms with Gasteiger partial charge < -0.3 is 5.32 Å². The number of nitrogens with zero attached hydrogens (tertiary/aromatic N) is 2. The van der Waals surface area contributed by atoms with Gasteiger partial charge in [0.05, 0.1) is 16.9 Å². The van der Waals surface area contributed by atoms with E-state index in [0.717, 1.165) is 47.7 Å². The Kier molecular flexibility index (Phi) is 3.33. The van der Waals surface area contributed by atoms with Crippen molar-refractivity contribution < 1.29 is 13.2 Å². The van der Waals surface area contributed by atoms with Crippen LogP contribution in [0.3, 0.4) is 0 Å². The minimum Gasteiger partial charge on any atom is -0.369 e. The van der Waals surface area contributed by atoms with E-state index in [1.54, 1.807) is 10.7 Å². The zero-order chi connectivity index (χ0) is 16.7. The van der Waals surface area contributed by atoms with E-state index in [0.29, 0.717) is 5.69 Å². The van der Waals surface area contributed by atoms with Crippen molar-refractivity contribution in [2.45, 2.75) is 12.6 Å². The molecule has 6 heteroatoms. The van der Waals surface area contributed by atoms with Crippen molar-refractivity contribution >= 4 is 5.82 Å². The van der Waals surface area contributed by atoms with Crippen molar-refractivity contribution in [1.29, 1.82) is 0 Å². The maximum absolute atomic E-state index is 13.0. The van der Waals surface area contributed by atoms with Crippen molar-refractivity contribution in [2.75, 3.05) is 11.9 Å². The van der Waals surface area contributed by atoms with E-state index < -0.39 is 11.7 Å². The zero-order valence-electron chi connectivity index (χ0n) is 12.6. The summed E-state index contributed by atoms with van der Waals surface area (Å²) in [6, 6.07) is 14.9. The van der Waals surface area contributed by atoms with Crippen LogP contribution in [0.15, 0.2) is 54.6 Å². The molecule has 0 spiro atoms. The fraction of sp³-hybridized carbons (Fsp3) is 0.167. The van der Waals surface area contributed by atoms with Gasteiger partial charge in [0.15, 0.2) is 0 Å². The van der Waals surface area contributed by atoms with E-state index in [4.69, 9.17) is 0 Å². The van der Waals surface area contributed by atoms with E-state index >= 15 is 0 Å². The van der Waals surface area contributed by atoms with E-state index in [2.05, 4.69) is 10.4 Å². The number of halogens is 3. The van der Waals surface area contributed by atoms with Gasteiger partial charge in [-0.3, -0.25) is 0 Å². The van der Waals surface area contributed by atoms with Gasteiger partial charge >= 0.3 is 6.18 Å². The molecule has 0 saturated carbocycles. The highest BCUT2D eigenvalue weighted by atomic mass is 19.4. The molecule has 1 aliphatic heterocycles. The highest BCUT2D eigenvalue weighted by molar-refractivity contribution is 5.72. The van der Waals surface area contributed by atoms with Gasteiger partial charge in [-0.15, -0.1) is 0 Å². The van der Waals surface area contributed by atoms with E-state index in [-0.39, 0.29) is 0 Å². The van der Waals surface area contributed by atoms with Gasteiger partial charge in [0.2, 0.25) is 0 Å². The monoisotopic (exact) mass is 329 g/mol. The number of nitrogens with one attached hydrogen (secondary N) is 1. The first kappa shape index (κ1) is 14.8. The Morgan fingerprint density at radius 3 is 2.54 bits per heavy atom. The third-order valence-corrected chi connectivity index (χ3v) is 4.12. The Hall–Kier alpha value is -2.76. The first-order chi connectivity index (χ1) is 11.5. The molecule has 0 bridgehead atoms. The normalized spacial score (nSPS) is 13.6. The van der Waals surface area contributed by atoms with Gasteiger partial charge in [-0.05, 0) is 24.6 Å². The second-order valence-electron chi connectivity index (χ2n) is 5.68. The van der Waals surface area contributed by atoms with Crippen LogP contribution in [0.25, 0.3) is 16.9 Å². The van der Waals surface area contributed by atoms with Crippen LogP contribution in [0, 0.1) is 0 Å². The summed E-state index contributed by atoms with van der Waals surface area (Å²) < 4.78 is 40.5. The van der Waals surface area contributed by atoms with Gasteiger partial charge in [0.1, 0.15) is 5.82 Å². The van der Waals surface area contributed by atoms with Crippen LogP contribution in [0.1, 0.15) is 11.1 Å². The Bertz CT molecular complexity index is 882. The zero-order valence-corrected chi connectivity index (χ0v) is 12.6. The van der Waals surface area contributed by atoms with Gasteiger partial charge in [-0.1, -0.05) is 36.4 Å². The van der Waals surface area contributed by atoms with E-state index in [1.807, 2.05) is 30.3 Å². The number of hydrogen-bond donors (Lipinski definition) is 1. The molecule has 4 rings (SSSR count). The molecule has 0 aliphatic carbocycles. The standard InChI is InChI=1S/C18H14F3N3/c19-18(20,21)13-7-4-8-14(11-13)24-17-15(9-10-22-17)16(23-24)12-5-2-1-3-6-12/h1-8,11,22H,9-10H2. The number of alkyl halides is 3. The summed E-state index contributed by atoms with van der Waals surface area (Å²) in [6.45, 7) is 0.756. The van der Waals surface area contributed by atoms with Crippen LogP contribution in [0.5, 0.6) is 0 Å². The molecule has 0 unspecified atom stereocenters. The minimum absolute atomic E-state index is 0.401. The lowest BCUT2D eigenvalue weighted by Crippen LogP contribution is -2.08. The van der Waals surface area contributed by atoms with Crippen LogP contribution in [-0.2, 0) is 12.6 Å². The summed E-state index contributed by atoms with van der Waals surface area (Å²) in [5, 5.41) is 7.82. The fourth-order valence-electron chi connectivity index (χ4n) is 3.00. The molecule has 0 radical (unpaired) electrons. The molecule has 1 aliphatic rings. The largest absolute Gasteiger partial charge is 0.416 e. The summed E-state index contributed by atoms with van der Waals surface area (Å²) in [7, 11) is 0. The van der Waals surface area contributed by atoms with E-state index in [1.165, 1.54) is 6.07 Å². The highest BCUT2D eigenvalue weighted by Gasteiger charge is 2.31. The Morgan fingerprint density at radius 1 is 1.00 bits per heavy atom. The fourth-order valence-corrected chi connectivity index (χ4v) is 3.00. The lowest BCUT2D eigenvalue weighted by Gasteiger charge is -2.10. The third-order valence-electron chi connectivity index (χ3n) is 4.12. The molecule has 2 aromatic carbocycles. The molecule has 0 fully saturated rings. The van der Waals surface area contributed by atoms with Gasteiger partial charge in [0, 0.05) is 17.7 Å². The second kappa shape index (κ2) is 5.40. The molecule has 0 atom stereocenters. The molecular weight excluding hydrogens is 315 g/mol. The van der Waals surface area contributed by atoms with Crippen LogP contribution < -0.4 is 5.32 Å². The van der Waals surface area contributed by atoms with E-state index in [9.17, 15) is 13.2 Å². The number of anilines is 1. The smallest absolute Gasteiger partial charge is 0.369 e. The van der Waals surface area contributed by atoms with Crippen LogP contribution in [-0.4, -0.2) is 16.3 Å². The Labute approximate surface area is 136 Å². The second-order valence-corrected chi connectivity index (χ2v) is 5.68. The van der Waals surface area contributed by atoms with Gasteiger partial charge in [-0.25, -0.2) is 4.68 Å². The lowest BCUT2D eigenvalue weighted by atomic mass is 10.1. The SMILES string of the molecule is FC(F)(F)c1cccc(-n2nc(-c3ccccc3)c3c2NCC3)c1. The molecule has 0 amide bonds. The first-order valence-corrected chi connectivity index (χ1v) is 7.63. The van der Waals surface area contributed by atoms with Crippen molar-refractivity contribution in [3.05, 3.63) is 65.7 Å². The van der Waals surface area contributed by atoms with Crippen molar-refractivity contribution in [3.63, 3.8) is 0 Å². The number of benzene rings is 2. The number of fused-ring (bicyclic) bond motifs is 1. The first-order valence-electron chi connectivity index (χ1n) is 7.63. The molecule has 122 valence electrons. The quantitative estimate of drug-likeness (QED) is 0.749. The average molecular weight is 329 g/mol. The molecule has 1 aromatic heterocycles. The molecule has 0 saturated heterocycles. The lowest BCUT2D eigenvalue weighted by molar-refractivity contribution is -0.137. The predicted molar refractivity (Wildman–Crippen MR) is 86.2 cm³/mol. The Balaban J connectivity index is 1.86. The summed E-state index contributed by atoms with van der Waals surface area (Å²) >= 11 is 0. The molecule has 3 aromatic rings. The molecular formula is C18H14F3N3. The van der Waals surface area contributed by atoms with Crippen molar-refractivity contribution in [2.24, 2.45) is 0 Å². The van der Waals surface area contributed by atoms with Crippen molar-refractivity contribution in [1.82, 2.24) is 9.78 Å². The summed E-state index contributed by atoms with van der Waals surface area (Å²) in [5.74, 6) is 0.771. The molecule has 3 nitrogen and oxygen atoms in total. The average Bonchev–Trinajstić information content (AvgIpc) is 3.17. The number of rotatable bonds is 2. The van der Waals surface area contributed by atoms with Crippen molar-refractivity contribution in [3.8, 4) is 16.9 Å². The van der Waals surface area contributed by atoms with Gasteiger partial charge in [-0.2, -0.15) is 18.3 Å². The third kappa shape index (κ3) is 2.44. The summed E-state index contributed by atoms with van der Waals surface area (Å²) in [4.78, 5) is 0. The maximum Gasteiger partial charge on any atom is 0.416 e. The molecule has 1 N–H and O–H groups in total. The maximum atomic E-state index is 13.0. The summed E-state index contributed by atoms with van der Waals surface area (Å²) in [6.07, 6.45) is -3.57. The summed E-state index contributed by atoms with van der Waals surface area (Å²) in [5.41, 5.74) is 2.54. The number of aromatic nitrogens is 2. The predicted octanol–water partition coefficient (Wildman–Crippen LogP) is 4.53. The van der Waals surface area contributed by atoms with Crippen LogP contribution >= 0.6 is 0 Å². The topological polar surface area (TPSA) is 29.9 Å². The highest BCUT2D eigenvalue weighted by Crippen LogP contribution is 2.36. The van der Waals surface area contributed by atoms with Gasteiger partial charge in [0.25, 0.3) is 0 Å².